The summed E-state index contributed by atoms with van der Waals surface area (Å²) in [4.78, 5) is 22.0. The van der Waals surface area contributed by atoms with Gasteiger partial charge < -0.3 is 9.72 Å². The van der Waals surface area contributed by atoms with Gasteiger partial charge in [0, 0.05) is 24.2 Å². The average molecular weight is 203 g/mol. The minimum absolute atomic E-state index is 0.0659. The Morgan fingerprint density at radius 3 is 3.00 bits per heavy atom. The molecule has 0 atom stereocenters. The van der Waals surface area contributed by atoms with Gasteiger partial charge in [0.25, 0.3) is 0 Å². The number of hydrogen-bond acceptors (Lipinski definition) is 4. The number of carbonyl (C=O) groups excluding carboxylic acids is 1. The molecule has 0 aliphatic heterocycles. The van der Waals surface area contributed by atoms with Crippen LogP contribution in [0.4, 0.5) is 0 Å². The minimum Gasteiger partial charge on any atom is -0.463 e. The third-order valence-corrected chi connectivity index (χ3v) is 1.92. The van der Waals surface area contributed by atoms with Crippen LogP contribution in [-0.2, 0) is 4.74 Å². The highest BCUT2D eigenvalue weighted by Gasteiger charge is 2.10. The second kappa shape index (κ2) is 3.91. The summed E-state index contributed by atoms with van der Waals surface area (Å²) >= 11 is 0. The smallest absolute Gasteiger partial charge is 0.376 e. The highest BCUT2D eigenvalue weighted by molar-refractivity contribution is 5.85. The Morgan fingerprint density at radius 1 is 1.47 bits per heavy atom. The molecule has 0 aliphatic rings. The van der Waals surface area contributed by atoms with Crippen molar-refractivity contribution in [3.05, 3.63) is 36.5 Å². The fourth-order valence-corrected chi connectivity index (χ4v) is 1.19. The zero-order chi connectivity index (χ0) is 10.7. The summed E-state index contributed by atoms with van der Waals surface area (Å²) < 4.78 is 4.54. The number of hydrogen-bond donors (Lipinski definition) is 1. The molecular weight excluding hydrogens is 194 g/mol. The van der Waals surface area contributed by atoms with Gasteiger partial charge in [-0.1, -0.05) is 0 Å². The van der Waals surface area contributed by atoms with Crippen LogP contribution in [0.2, 0.25) is 0 Å². The van der Waals surface area contributed by atoms with Crippen LogP contribution < -0.4 is 0 Å². The number of nitrogens with zero attached hydrogens (tertiary/aromatic N) is 2. The van der Waals surface area contributed by atoms with Crippen molar-refractivity contribution in [3.63, 3.8) is 0 Å². The topological polar surface area (TPSA) is 67.9 Å². The minimum atomic E-state index is -0.535. The van der Waals surface area contributed by atoms with E-state index in [9.17, 15) is 4.79 Å². The van der Waals surface area contributed by atoms with Gasteiger partial charge >= 0.3 is 5.97 Å². The molecule has 2 heterocycles. The number of aromatic nitrogens is 3. The summed E-state index contributed by atoms with van der Waals surface area (Å²) in [5.74, 6) is -0.469. The van der Waals surface area contributed by atoms with Crippen LogP contribution in [0.5, 0.6) is 0 Å². The van der Waals surface area contributed by atoms with E-state index in [1.54, 1.807) is 18.5 Å². The van der Waals surface area contributed by atoms with Crippen molar-refractivity contribution < 1.29 is 9.53 Å². The molecular formula is C10H9N3O2. The lowest BCUT2D eigenvalue weighted by molar-refractivity contribution is 0.0587. The van der Waals surface area contributed by atoms with Crippen molar-refractivity contribution in [2.45, 2.75) is 0 Å². The van der Waals surface area contributed by atoms with E-state index in [0.717, 1.165) is 5.56 Å². The van der Waals surface area contributed by atoms with E-state index in [1.807, 2.05) is 6.07 Å². The van der Waals surface area contributed by atoms with Crippen molar-refractivity contribution >= 4 is 5.97 Å². The second-order valence-corrected chi connectivity index (χ2v) is 2.86. The maximum Gasteiger partial charge on any atom is 0.376 e. The van der Waals surface area contributed by atoms with Crippen LogP contribution in [0.15, 0.2) is 30.7 Å². The van der Waals surface area contributed by atoms with Crippen molar-refractivity contribution in [1.29, 1.82) is 0 Å². The molecule has 0 saturated carbocycles. The van der Waals surface area contributed by atoms with Gasteiger partial charge in [0.15, 0.2) is 0 Å². The van der Waals surface area contributed by atoms with Crippen LogP contribution in [0.3, 0.4) is 0 Å². The number of H-pyrrole nitrogens is 1. The molecule has 0 spiro atoms. The number of ether oxygens (including phenoxy) is 1. The SMILES string of the molecule is COC(=O)c1nccc(-c2cc[nH]c2)n1. The molecule has 0 fully saturated rings. The first-order valence-corrected chi connectivity index (χ1v) is 4.36. The van der Waals surface area contributed by atoms with Gasteiger partial charge in [-0.2, -0.15) is 0 Å². The van der Waals surface area contributed by atoms with Gasteiger partial charge in [-0.05, 0) is 12.1 Å². The fourth-order valence-electron chi connectivity index (χ4n) is 1.19. The molecule has 0 bridgehead atoms. The fraction of sp³-hybridized carbons (Fsp3) is 0.100. The number of methoxy groups -OCH3 is 1. The van der Waals surface area contributed by atoms with E-state index >= 15 is 0 Å². The van der Waals surface area contributed by atoms with Crippen molar-refractivity contribution in [1.82, 2.24) is 15.0 Å². The summed E-state index contributed by atoms with van der Waals surface area (Å²) in [5.41, 5.74) is 1.59. The van der Waals surface area contributed by atoms with Gasteiger partial charge in [0.1, 0.15) is 0 Å². The largest absolute Gasteiger partial charge is 0.463 e. The zero-order valence-electron chi connectivity index (χ0n) is 8.10. The molecule has 1 N–H and O–H groups in total. The summed E-state index contributed by atoms with van der Waals surface area (Å²) in [6.07, 6.45) is 5.11. The monoisotopic (exact) mass is 203 g/mol. The van der Waals surface area contributed by atoms with E-state index < -0.39 is 5.97 Å². The molecule has 0 aromatic carbocycles. The van der Waals surface area contributed by atoms with Gasteiger partial charge in [-0.15, -0.1) is 0 Å². The molecule has 5 heteroatoms. The Labute approximate surface area is 86.1 Å². The summed E-state index contributed by atoms with van der Waals surface area (Å²) in [7, 11) is 1.30. The molecule has 2 aromatic rings. The van der Waals surface area contributed by atoms with Crippen molar-refractivity contribution in [3.8, 4) is 11.3 Å². The standard InChI is InChI=1S/C10H9N3O2/c1-15-10(14)9-12-5-3-8(13-9)7-2-4-11-6-7/h2-6,11H,1H3. The Hall–Kier alpha value is -2.17. The lowest BCUT2D eigenvalue weighted by Gasteiger charge is -1.99. The Balaban J connectivity index is 2.39. The Bertz CT molecular complexity index is 465. The number of carbonyl (C=O) groups is 1. The lowest BCUT2D eigenvalue weighted by Crippen LogP contribution is -2.07. The van der Waals surface area contributed by atoms with E-state index in [-0.39, 0.29) is 5.82 Å². The van der Waals surface area contributed by atoms with Crippen LogP contribution in [-0.4, -0.2) is 28.0 Å². The molecule has 2 rings (SSSR count). The molecule has 15 heavy (non-hydrogen) atoms. The van der Waals surface area contributed by atoms with Crippen molar-refractivity contribution in [2.75, 3.05) is 7.11 Å². The molecule has 0 radical (unpaired) electrons. The molecule has 0 aliphatic carbocycles. The summed E-state index contributed by atoms with van der Waals surface area (Å²) in [6, 6.07) is 3.60. The van der Waals surface area contributed by atoms with Crippen LogP contribution in [0.25, 0.3) is 11.3 Å². The zero-order valence-corrected chi connectivity index (χ0v) is 8.10. The summed E-state index contributed by atoms with van der Waals surface area (Å²) in [5, 5.41) is 0. The van der Waals surface area contributed by atoms with E-state index in [0.29, 0.717) is 5.69 Å². The van der Waals surface area contributed by atoms with Crippen molar-refractivity contribution in [2.24, 2.45) is 0 Å². The Morgan fingerprint density at radius 2 is 2.33 bits per heavy atom. The molecule has 0 unspecified atom stereocenters. The highest BCUT2D eigenvalue weighted by atomic mass is 16.5. The summed E-state index contributed by atoms with van der Waals surface area (Å²) in [6.45, 7) is 0. The van der Waals surface area contributed by atoms with Gasteiger partial charge in [0.05, 0.1) is 12.8 Å². The molecule has 76 valence electrons. The van der Waals surface area contributed by atoms with E-state index in [2.05, 4.69) is 19.7 Å². The number of esters is 1. The molecule has 0 amide bonds. The van der Waals surface area contributed by atoms with Crippen LogP contribution in [0.1, 0.15) is 10.6 Å². The molecule has 0 saturated heterocycles. The second-order valence-electron chi connectivity index (χ2n) is 2.86. The van der Waals surface area contributed by atoms with Gasteiger partial charge in [-0.3, -0.25) is 0 Å². The predicted octanol–water partition coefficient (Wildman–Crippen LogP) is 1.26. The maximum absolute atomic E-state index is 11.2. The average Bonchev–Trinajstić information content (AvgIpc) is 2.82. The number of nitrogens with one attached hydrogen (secondary N) is 1. The number of rotatable bonds is 2. The van der Waals surface area contributed by atoms with Crippen LogP contribution in [0, 0.1) is 0 Å². The predicted molar refractivity (Wildman–Crippen MR) is 53.2 cm³/mol. The first kappa shape index (κ1) is 9.39. The van der Waals surface area contributed by atoms with Gasteiger partial charge in [-0.25, -0.2) is 14.8 Å². The first-order chi connectivity index (χ1) is 7.31. The van der Waals surface area contributed by atoms with E-state index in [1.165, 1.54) is 13.3 Å². The normalized spacial score (nSPS) is 9.93. The first-order valence-electron chi connectivity index (χ1n) is 4.36. The highest BCUT2D eigenvalue weighted by Crippen LogP contribution is 2.14. The van der Waals surface area contributed by atoms with Crippen LogP contribution >= 0.6 is 0 Å². The van der Waals surface area contributed by atoms with E-state index in [4.69, 9.17) is 0 Å². The molecule has 5 nitrogen and oxygen atoms in total. The van der Waals surface area contributed by atoms with Gasteiger partial charge in [0.2, 0.25) is 5.82 Å². The number of aromatic amines is 1. The molecule has 2 aromatic heterocycles. The Kier molecular flexibility index (Phi) is 2.45. The maximum atomic E-state index is 11.2. The quantitative estimate of drug-likeness (QED) is 0.746. The third-order valence-electron chi connectivity index (χ3n) is 1.92. The lowest BCUT2D eigenvalue weighted by atomic mass is 10.2. The third kappa shape index (κ3) is 1.85.